The van der Waals surface area contributed by atoms with Crippen molar-refractivity contribution in [2.75, 3.05) is 36.0 Å². The van der Waals surface area contributed by atoms with Gasteiger partial charge in [-0.05, 0) is 67.1 Å². The first-order valence-corrected chi connectivity index (χ1v) is 13.7. The standard InChI is InChI=1S/C31H32FN5O2/c32-24-12-10-23(11-13-24)21-37-28-9-5-4-8-27(28)34-31(37)35-17-14-22(15-18-35)20-33-29(38)26-16-19-36(30(26)39)25-6-2-1-3-7-25/h1-13,22,26H,14-21H2,(H,33,38). The van der Waals surface area contributed by atoms with E-state index in [1.165, 1.54) is 12.1 Å². The lowest BCUT2D eigenvalue weighted by atomic mass is 9.96. The van der Waals surface area contributed by atoms with Gasteiger partial charge in [0.2, 0.25) is 17.8 Å². The van der Waals surface area contributed by atoms with E-state index in [1.54, 1.807) is 4.90 Å². The number of aromatic nitrogens is 2. The Hall–Kier alpha value is -4.20. The van der Waals surface area contributed by atoms with Crippen LogP contribution in [0.5, 0.6) is 0 Å². The predicted octanol–water partition coefficient (Wildman–Crippen LogP) is 4.61. The monoisotopic (exact) mass is 525 g/mol. The fourth-order valence-corrected chi connectivity index (χ4v) is 5.73. The minimum Gasteiger partial charge on any atom is -0.355 e. The Bertz CT molecular complexity index is 1460. The number of fused-ring (bicyclic) bond motifs is 1. The number of benzene rings is 3. The highest BCUT2D eigenvalue weighted by molar-refractivity contribution is 6.09. The quantitative estimate of drug-likeness (QED) is 0.358. The maximum absolute atomic E-state index is 13.5. The molecule has 3 aromatic carbocycles. The van der Waals surface area contributed by atoms with Gasteiger partial charge in [0.15, 0.2) is 0 Å². The predicted molar refractivity (Wildman–Crippen MR) is 150 cm³/mol. The van der Waals surface area contributed by atoms with Crippen molar-refractivity contribution in [2.45, 2.75) is 25.8 Å². The third kappa shape index (κ3) is 5.24. The molecule has 0 saturated carbocycles. The van der Waals surface area contributed by atoms with E-state index in [0.717, 1.165) is 54.2 Å². The van der Waals surface area contributed by atoms with Crippen LogP contribution in [0.25, 0.3) is 11.0 Å². The number of nitrogens with zero attached hydrogens (tertiary/aromatic N) is 4. The van der Waals surface area contributed by atoms with Crippen molar-refractivity contribution in [1.29, 1.82) is 0 Å². The maximum Gasteiger partial charge on any atom is 0.239 e. The molecule has 3 heterocycles. The zero-order chi connectivity index (χ0) is 26.8. The number of amides is 2. The summed E-state index contributed by atoms with van der Waals surface area (Å²) in [6.45, 7) is 3.42. The van der Waals surface area contributed by atoms with Crippen molar-refractivity contribution in [3.8, 4) is 0 Å². The highest BCUT2D eigenvalue weighted by Gasteiger charge is 2.37. The lowest BCUT2D eigenvalue weighted by molar-refractivity contribution is -0.132. The lowest BCUT2D eigenvalue weighted by Gasteiger charge is -2.33. The highest BCUT2D eigenvalue weighted by atomic mass is 19.1. The fraction of sp³-hybridized carbons (Fsp3) is 0.323. The van der Waals surface area contributed by atoms with E-state index in [4.69, 9.17) is 4.98 Å². The van der Waals surface area contributed by atoms with Gasteiger partial charge in [-0.1, -0.05) is 42.5 Å². The van der Waals surface area contributed by atoms with E-state index in [0.29, 0.717) is 32.0 Å². The number of carbonyl (C=O) groups excluding carboxylic acids is 2. The molecule has 0 aliphatic carbocycles. The minimum absolute atomic E-state index is 0.117. The molecule has 1 atom stereocenters. The first-order chi connectivity index (χ1) is 19.1. The average molecular weight is 526 g/mol. The summed E-state index contributed by atoms with van der Waals surface area (Å²) in [4.78, 5) is 34.7. The molecular formula is C31H32FN5O2. The van der Waals surface area contributed by atoms with Gasteiger partial charge in [-0.3, -0.25) is 9.59 Å². The van der Waals surface area contributed by atoms with E-state index in [1.807, 2.05) is 60.7 Å². The van der Waals surface area contributed by atoms with Crippen LogP contribution in [-0.4, -0.2) is 47.5 Å². The number of hydrogen-bond donors (Lipinski definition) is 1. The topological polar surface area (TPSA) is 70.5 Å². The molecule has 200 valence electrons. The molecule has 2 amide bonds. The molecule has 6 rings (SSSR count). The van der Waals surface area contributed by atoms with Gasteiger partial charge in [0.1, 0.15) is 11.7 Å². The Morgan fingerprint density at radius 3 is 2.38 bits per heavy atom. The third-order valence-corrected chi connectivity index (χ3v) is 7.94. The van der Waals surface area contributed by atoms with Gasteiger partial charge in [0.25, 0.3) is 0 Å². The number of carbonyl (C=O) groups is 2. The van der Waals surface area contributed by atoms with Crippen molar-refractivity contribution in [1.82, 2.24) is 14.9 Å². The van der Waals surface area contributed by atoms with Crippen molar-refractivity contribution in [2.24, 2.45) is 11.8 Å². The van der Waals surface area contributed by atoms with E-state index in [-0.39, 0.29) is 17.6 Å². The molecule has 4 aromatic rings. The van der Waals surface area contributed by atoms with Gasteiger partial charge >= 0.3 is 0 Å². The Morgan fingerprint density at radius 2 is 1.62 bits per heavy atom. The number of rotatable bonds is 7. The molecule has 2 fully saturated rings. The normalized spacial score (nSPS) is 18.2. The van der Waals surface area contributed by atoms with Crippen LogP contribution in [0.4, 0.5) is 16.0 Å². The van der Waals surface area contributed by atoms with Gasteiger partial charge < -0.3 is 19.7 Å². The highest BCUT2D eigenvalue weighted by Crippen LogP contribution is 2.29. The molecule has 8 heteroatoms. The zero-order valence-corrected chi connectivity index (χ0v) is 21.8. The Morgan fingerprint density at radius 1 is 0.897 bits per heavy atom. The van der Waals surface area contributed by atoms with Crippen molar-refractivity contribution in [3.63, 3.8) is 0 Å². The molecule has 39 heavy (non-hydrogen) atoms. The second kappa shape index (κ2) is 10.9. The van der Waals surface area contributed by atoms with E-state index in [2.05, 4.69) is 20.9 Å². The van der Waals surface area contributed by atoms with E-state index >= 15 is 0 Å². The summed E-state index contributed by atoms with van der Waals surface area (Å²) < 4.78 is 15.7. The summed E-state index contributed by atoms with van der Waals surface area (Å²) in [5, 5.41) is 3.07. The number of hydrogen-bond acceptors (Lipinski definition) is 4. The number of imidazole rings is 1. The Labute approximate surface area is 227 Å². The molecular weight excluding hydrogens is 493 g/mol. The van der Waals surface area contributed by atoms with Crippen LogP contribution in [-0.2, 0) is 16.1 Å². The van der Waals surface area contributed by atoms with Gasteiger partial charge in [-0.15, -0.1) is 0 Å². The van der Waals surface area contributed by atoms with E-state index < -0.39 is 5.92 Å². The maximum atomic E-state index is 13.5. The zero-order valence-electron chi connectivity index (χ0n) is 21.8. The minimum atomic E-state index is -0.614. The summed E-state index contributed by atoms with van der Waals surface area (Å²) in [6.07, 6.45) is 2.39. The van der Waals surface area contributed by atoms with Gasteiger partial charge in [0.05, 0.1) is 17.6 Å². The molecule has 0 spiro atoms. The Kier molecular flexibility index (Phi) is 7.00. The smallest absolute Gasteiger partial charge is 0.239 e. The lowest BCUT2D eigenvalue weighted by Crippen LogP contribution is -2.42. The summed E-state index contributed by atoms with van der Waals surface area (Å²) in [5.74, 6) is 0.129. The number of piperidine rings is 1. The van der Waals surface area contributed by atoms with Crippen LogP contribution in [0.2, 0.25) is 0 Å². The second-order valence-corrected chi connectivity index (χ2v) is 10.5. The third-order valence-electron chi connectivity index (χ3n) is 7.94. The number of halogens is 1. The van der Waals surface area contributed by atoms with Crippen molar-refractivity contribution in [3.05, 3.63) is 90.2 Å². The molecule has 1 aromatic heterocycles. The molecule has 2 aliphatic rings. The molecule has 0 radical (unpaired) electrons. The van der Waals surface area contributed by atoms with Crippen LogP contribution < -0.4 is 15.1 Å². The SMILES string of the molecule is O=C(NCC1CCN(c2nc3ccccc3n2Cc2ccc(F)cc2)CC1)C1CCN(c2ccccc2)C1=O. The fourth-order valence-electron chi connectivity index (χ4n) is 5.73. The molecule has 2 saturated heterocycles. The van der Waals surface area contributed by atoms with Crippen molar-refractivity contribution >= 4 is 34.5 Å². The number of para-hydroxylation sites is 3. The van der Waals surface area contributed by atoms with Crippen LogP contribution >= 0.6 is 0 Å². The summed E-state index contributed by atoms with van der Waals surface area (Å²) in [5.41, 5.74) is 3.85. The van der Waals surface area contributed by atoms with Crippen molar-refractivity contribution < 1.29 is 14.0 Å². The second-order valence-electron chi connectivity index (χ2n) is 10.5. The molecule has 1 N–H and O–H groups in total. The first-order valence-electron chi connectivity index (χ1n) is 13.7. The van der Waals surface area contributed by atoms with E-state index in [9.17, 15) is 14.0 Å². The molecule has 7 nitrogen and oxygen atoms in total. The molecule has 2 aliphatic heterocycles. The number of nitrogens with one attached hydrogen (secondary N) is 1. The largest absolute Gasteiger partial charge is 0.355 e. The van der Waals surface area contributed by atoms with Gasteiger partial charge in [-0.25, -0.2) is 9.37 Å². The summed E-state index contributed by atoms with van der Waals surface area (Å²) in [6, 6.07) is 24.2. The molecule has 1 unspecified atom stereocenters. The van der Waals surface area contributed by atoms with Crippen LogP contribution in [0.1, 0.15) is 24.8 Å². The average Bonchev–Trinajstić information content (AvgIpc) is 3.54. The van der Waals surface area contributed by atoms with Crippen LogP contribution in [0, 0.1) is 17.7 Å². The van der Waals surface area contributed by atoms with Gasteiger partial charge in [0, 0.05) is 31.9 Å². The Balaban J connectivity index is 1.07. The van der Waals surface area contributed by atoms with Gasteiger partial charge in [-0.2, -0.15) is 0 Å². The number of anilines is 2. The van der Waals surface area contributed by atoms with Crippen LogP contribution in [0.3, 0.4) is 0 Å². The van der Waals surface area contributed by atoms with Crippen LogP contribution in [0.15, 0.2) is 78.9 Å². The first kappa shape index (κ1) is 25.1. The summed E-state index contributed by atoms with van der Waals surface area (Å²) in [7, 11) is 0. The molecule has 0 bridgehead atoms. The summed E-state index contributed by atoms with van der Waals surface area (Å²) >= 11 is 0.